The highest BCUT2D eigenvalue weighted by Gasteiger charge is 2.40. The van der Waals surface area contributed by atoms with E-state index in [2.05, 4.69) is 19.5 Å². The molecule has 1 fully saturated rings. The summed E-state index contributed by atoms with van der Waals surface area (Å²) in [7, 11) is -4.71. The van der Waals surface area contributed by atoms with E-state index in [1.54, 1.807) is 0 Å². The van der Waals surface area contributed by atoms with Crippen LogP contribution in [0.4, 0.5) is 5.82 Å². The highest BCUT2D eigenvalue weighted by Crippen LogP contribution is 2.39. The summed E-state index contributed by atoms with van der Waals surface area (Å²) in [5, 5.41) is -0.0762. The Bertz CT molecular complexity index is 886. The maximum atomic E-state index is 11.3. The molecule has 0 bridgehead atoms. The van der Waals surface area contributed by atoms with Crippen LogP contribution in [-0.4, -0.2) is 54.1 Å². The molecule has 0 amide bonds. The minimum atomic E-state index is -4.71. The first-order chi connectivity index (χ1) is 12.1. The summed E-state index contributed by atoms with van der Waals surface area (Å²) in [6, 6.07) is 0. The van der Waals surface area contributed by atoms with E-state index in [9.17, 15) is 9.36 Å². The van der Waals surface area contributed by atoms with Crippen molar-refractivity contribution in [1.29, 1.82) is 0 Å². The SMILES string of the molecule is CC(=O)O[C@H]1C[C@H](n2cnc3c(N)nc(Cl)nc32)O[C@@H]1COP(=O)(O)O. The van der Waals surface area contributed by atoms with Crippen molar-refractivity contribution in [2.45, 2.75) is 31.8 Å². The molecule has 142 valence electrons. The van der Waals surface area contributed by atoms with E-state index in [4.69, 9.17) is 36.6 Å². The van der Waals surface area contributed by atoms with Crippen molar-refractivity contribution >= 4 is 42.4 Å². The molecule has 0 saturated carbocycles. The van der Waals surface area contributed by atoms with Crippen LogP contribution >= 0.6 is 19.4 Å². The summed E-state index contributed by atoms with van der Waals surface area (Å²) in [6.45, 7) is 0.748. The number of imidazole rings is 1. The van der Waals surface area contributed by atoms with Crippen LogP contribution in [0.2, 0.25) is 5.28 Å². The van der Waals surface area contributed by atoms with Crippen molar-refractivity contribution < 1.29 is 33.1 Å². The Hall–Kier alpha value is -1.82. The zero-order valence-electron chi connectivity index (χ0n) is 13.4. The topological polar surface area (TPSA) is 172 Å². The Morgan fingerprint density at radius 3 is 2.92 bits per heavy atom. The molecule has 3 heterocycles. The number of aromatic nitrogens is 4. The molecule has 14 heteroatoms. The van der Waals surface area contributed by atoms with Gasteiger partial charge in [-0.25, -0.2) is 9.55 Å². The number of carbonyl (C=O) groups excluding carboxylic acids is 1. The van der Waals surface area contributed by atoms with Gasteiger partial charge in [0.2, 0.25) is 5.28 Å². The second kappa shape index (κ2) is 7.06. The third-order valence-corrected chi connectivity index (χ3v) is 4.29. The Morgan fingerprint density at radius 2 is 2.27 bits per heavy atom. The number of phosphoric ester groups is 1. The normalized spacial score (nSPS) is 23.5. The maximum absolute atomic E-state index is 11.3. The molecule has 1 aliphatic heterocycles. The van der Waals surface area contributed by atoms with Crippen molar-refractivity contribution in [1.82, 2.24) is 19.5 Å². The Labute approximate surface area is 151 Å². The average Bonchev–Trinajstić information content (AvgIpc) is 3.07. The molecular formula is C12H15ClN5O7P. The summed E-state index contributed by atoms with van der Waals surface area (Å²) < 4.78 is 27.8. The molecule has 0 aliphatic carbocycles. The monoisotopic (exact) mass is 407 g/mol. The largest absolute Gasteiger partial charge is 0.469 e. The van der Waals surface area contributed by atoms with E-state index in [1.165, 1.54) is 17.8 Å². The van der Waals surface area contributed by atoms with Gasteiger partial charge in [-0.15, -0.1) is 0 Å². The van der Waals surface area contributed by atoms with Crippen molar-refractivity contribution in [3.05, 3.63) is 11.6 Å². The van der Waals surface area contributed by atoms with Gasteiger partial charge in [0.15, 0.2) is 11.5 Å². The third-order valence-electron chi connectivity index (χ3n) is 3.64. The highest BCUT2D eigenvalue weighted by atomic mass is 35.5. The van der Waals surface area contributed by atoms with Crippen LogP contribution in [0.15, 0.2) is 6.33 Å². The summed E-state index contributed by atoms with van der Waals surface area (Å²) in [6.07, 6.45) is -0.782. The van der Waals surface area contributed by atoms with Gasteiger partial charge >= 0.3 is 13.8 Å². The molecule has 3 rings (SSSR count). The Morgan fingerprint density at radius 1 is 1.54 bits per heavy atom. The van der Waals surface area contributed by atoms with Crippen LogP contribution in [-0.2, 0) is 23.4 Å². The smallest absolute Gasteiger partial charge is 0.460 e. The average molecular weight is 408 g/mol. The van der Waals surface area contributed by atoms with E-state index in [-0.39, 0.29) is 17.5 Å². The molecule has 0 aromatic carbocycles. The van der Waals surface area contributed by atoms with Gasteiger partial charge in [-0.1, -0.05) is 0 Å². The first-order valence-corrected chi connectivity index (χ1v) is 9.23. The first kappa shape index (κ1) is 19.0. The van der Waals surface area contributed by atoms with Crippen LogP contribution in [0.3, 0.4) is 0 Å². The number of nitrogens with two attached hydrogens (primary N) is 1. The van der Waals surface area contributed by atoms with E-state index in [0.717, 1.165) is 0 Å². The van der Waals surface area contributed by atoms with Gasteiger partial charge in [0.1, 0.15) is 24.0 Å². The highest BCUT2D eigenvalue weighted by molar-refractivity contribution is 7.46. The van der Waals surface area contributed by atoms with Crippen LogP contribution in [0.1, 0.15) is 19.6 Å². The molecule has 1 saturated heterocycles. The van der Waals surface area contributed by atoms with Crippen LogP contribution in [0.5, 0.6) is 0 Å². The number of carbonyl (C=O) groups is 1. The van der Waals surface area contributed by atoms with E-state index >= 15 is 0 Å². The lowest BCUT2D eigenvalue weighted by Gasteiger charge is -2.18. The van der Waals surface area contributed by atoms with Crippen LogP contribution < -0.4 is 5.73 Å². The third kappa shape index (κ3) is 4.11. The molecule has 1 aliphatic rings. The quantitative estimate of drug-likeness (QED) is 0.355. The number of ether oxygens (including phenoxy) is 2. The van der Waals surface area contributed by atoms with Gasteiger partial charge in [0.05, 0.1) is 12.9 Å². The molecule has 0 unspecified atom stereocenters. The van der Waals surface area contributed by atoms with Gasteiger partial charge in [-0.05, 0) is 11.6 Å². The lowest BCUT2D eigenvalue weighted by Crippen LogP contribution is -2.30. The van der Waals surface area contributed by atoms with Gasteiger partial charge in [-0.3, -0.25) is 13.9 Å². The molecule has 4 N–H and O–H groups in total. The van der Waals surface area contributed by atoms with Crippen molar-refractivity contribution in [2.75, 3.05) is 12.3 Å². The van der Waals surface area contributed by atoms with E-state index < -0.39 is 38.8 Å². The second-order valence-electron chi connectivity index (χ2n) is 5.50. The van der Waals surface area contributed by atoms with Gasteiger partial charge in [-0.2, -0.15) is 9.97 Å². The predicted molar refractivity (Wildman–Crippen MR) is 86.8 cm³/mol. The summed E-state index contributed by atoms with van der Waals surface area (Å²) in [5.41, 5.74) is 6.38. The minimum absolute atomic E-state index is 0.0762. The number of halogens is 1. The Kier molecular flexibility index (Phi) is 5.15. The number of anilines is 1. The molecule has 3 atom stereocenters. The van der Waals surface area contributed by atoms with E-state index in [1.807, 2.05) is 0 Å². The fraction of sp³-hybridized carbons (Fsp3) is 0.500. The summed E-state index contributed by atoms with van der Waals surface area (Å²) in [5.74, 6) is -0.472. The summed E-state index contributed by atoms with van der Waals surface area (Å²) in [4.78, 5) is 41.0. The number of nitrogen functional groups attached to an aromatic ring is 1. The molecular weight excluding hydrogens is 393 g/mol. The molecule has 2 aromatic heterocycles. The number of esters is 1. The van der Waals surface area contributed by atoms with Crippen LogP contribution in [0, 0.1) is 0 Å². The first-order valence-electron chi connectivity index (χ1n) is 7.32. The predicted octanol–water partition coefficient (Wildman–Crippen LogP) is 0.390. The van der Waals surface area contributed by atoms with Gasteiger partial charge in [0, 0.05) is 13.3 Å². The number of fused-ring (bicyclic) bond motifs is 1. The standard InChI is InChI=1S/C12H15ClN5O7P/c1-5(19)24-6-2-8(25-7(6)3-23-26(20,21)22)18-4-15-9-10(14)16-12(13)17-11(9)18/h4,6-8H,2-3H2,1H3,(H2,14,16,17)(H2,20,21,22)/t6-,7+,8+/m0/s1. The van der Waals surface area contributed by atoms with E-state index in [0.29, 0.717) is 11.2 Å². The molecule has 0 spiro atoms. The fourth-order valence-corrected chi connectivity index (χ4v) is 3.16. The van der Waals surface area contributed by atoms with Crippen LogP contribution in [0.25, 0.3) is 11.2 Å². The molecule has 12 nitrogen and oxygen atoms in total. The number of nitrogens with zero attached hydrogens (tertiary/aromatic N) is 4. The van der Waals surface area contributed by atoms with Gasteiger partial charge < -0.3 is 25.0 Å². The summed E-state index contributed by atoms with van der Waals surface area (Å²) >= 11 is 5.83. The van der Waals surface area contributed by atoms with Crippen molar-refractivity contribution in [2.24, 2.45) is 0 Å². The van der Waals surface area contributed by atoms with Crippen molar-refractivity contribution in [3.63, 3.8) is 0 Å². The lowest BCUT2D eigenvalue weighted by atomic mass is 10.2. The number of hydrogen-bond acceptors (Lipinski definition) is 9. The molecule has 2 aromatic rings. The van der Waals surface area contributed by atoms with Crippen molar-refractivity contribution in [3.8, 4) is 0 Å². The number of rotatable bonds is 5. The molecule has 26 heavy (non-hydrogen) atoms. The fourth-order valence-electron chi connectivity index (χ4n) is 2.65. The zero-order valence-corrected chi connectivity index (χ0v) is 15.0. The zero-order chi connectivity index (χ0) is 19.1. The maximum Gasteiger partial charge on any atom is 0.469 e. The lowest BCUT2D eigenvalue weighted by molar-refractivity contribution is -0.150. The minimum Gasteiger partial charge on any atom is -0.460 e. The Balaban J connectivity index is 1.87. The number of phosphoric acid groups is 1. The van der Waals surface area contributed by atoms with Gasteiger partial charge in [0.25, 0.3) is 0 Å². The number of hydrogen-bond donors (Lipinski definition) is 3. The molecule has 0 radical (unpaired) electrons. The second-order valence-corrected chi connectivity index (χ2v) is 7.08.